The SMILES string of the molecule is Cl.Nc1ncc(-c2nc(N3CCOCC3)nc3c2ncn3C2CCN(C(=O)c3cccnc3)CC2)cn1.Nc1ncc(-c2nc(N3CCOCC3)nc3c2ncn3C2CCNCC2)cn1.O=C(O)c1cccnc1. The molecule has 4 aliphatic heterocycles. The summed E-state index contributed by atoms with van der Waals surface area (Å²) in [6, 6.07) is 7.22. The van der Waals surface area contributed by atoms with Crippen LogP contribution in [0.1, 0.15) is 58.5 Å². The highest BCUT2D eigenvalue weighted by Gasteiger charge is 2.29. The van der Waals surface area contributed by atoms with Crippen molar-refractivity contribution in [3.63, 3.8) is 0 Å². The molecule has 0 bridgehead atoms. The number of carboxylic acids is 1. The molecule has 74 heavy (non-hydrogen) atoms. The van der Waals surface area contributed by atoms with Crippen molar-refractivity contribution in [3.8, 4) is 22.5 Å². The van der Waals surface area contributed by atoms with Gasteiger partial charge in [0.1, 0.15) is 22.4 Å². The van der Waals surface area contributed by atoms with E-state index in [0.717, 1.165) is 85.5 Å². The van der Waals surface area contributed by atoms with Crippen LogP contribution >= 0.6 is 12.4 Å². The van der Waals surface area contributed by atoms with Crippen LogP contribution < -0.4 is 26.6 Å². The van der Waals surface area contributed by atoms with Crippen LogP contribution in [0.4, 0.5) is 23.8 Å². The van der Waals surface area contributed by atoms with Crippen molar-refractivity contribution in [2.45, 2.75) is 37.8 Å². The highest BCUT2D eigenvalue weighted by Crippen LogP contribution is 2.33. The van der Waals surface area contributed by atoms with Gasteiger partial charge in [0.15, 0.2) is 11.3 Å². The van der Waals surface area contributed by atoms with Gasteiger partial charge in [0, 0.05) is 112 Å². The van der Waals surface area contributed by atoms with E-state index < -0.39 is 5.97 Å². The number of imidazole rings is 2. The molecule has 8 aromatic rings. The standard InChI is InChI=1S/C24H26N10O2.C18H23N9O.C6H5NO2.ClH/c25-23-27-13-17(14-28-23)19-20-21(31-24(30-19)33-8-10-36-11-9-33)34(15-29-20)18-3-6-32(7-4-18)22(35)16-2-1-5-26-12-16;19-17-21-9-12(10-22-17)14-15-16(25-18(24-14)26-5-7-28-8-6-26)27(11-23-15)13-1-3-20-4-2-13;8-6(9)5-2-1-3-7-4-5;/h1-2,5,12-15,18H,3-4,6-11H2,(H2,25,27,28);9-11,13,20H,1-8H2,(H2,19,21,22);1-4H,(H,8,9);1H. The molecule has 0 aromatic carbocycles. The number of amides is 1. The lowest BCUT2D eigenvalue weighted by molar-refractivity contribution is 0.0686. The Morgan fingerprint density at radius 1 is 0.581 bits per heavy atom. The van der Waals surface area contributed by atoms with Gasteiger partial charge >= 0.3 is 5.97 Å². The number of nitrogens with zero attached hydrogens (tertiary/aromatic N) is 17. The largest absolute Gasteiger partial charge is 0.478 e. The van der Waals surface area contributed by atoms with Crippen LogP contribution in [-0.4, -0.2) is 170 Å². The maximum Gasteiger partial charge on any atom is 0.337 e. The minimum atomic E-state index is -0.942. The van der Waals surface area contributed by atoms with Crippen LogP contribution in [0.2, 0.25) is 0 Å². The van der Waals surface area contributed by atoms with Gasteiger partial charge in [-0.2, -0.15) is 9.97 Å². The second kappa shape index (κ2) is 23.6. The number of halogens is 1. The number of carboxylic acid groups (broad SMARTS) is 1. The topological polar surface area (TPSA) is 311 Å². The van der Waals surface area contributed by atoms with E-state index >= 15 is 0 Å². The smallest absolute Gasteiger partial charge is 0.337 e. The molecule has 1 amide bonds. The minimum absolute atomic E-state index is 0. The molecular weight excluding hydrogens is 972 g/mol. The number of aromatic carboxylic acids is 1. The number of ether oxygens (including phenoxy) is 2. The van der Waals surface area contributed by atoms with Crippen molar-refractivity contribution in [1.82, 2.24) is 79.2 Å². The summed E-state index contributed by atoms with van der Waals surface area (Å²) in [5.41, 5.74) is 18.2. The first-order valence-corrected chi connectivity index (χ1v) is 24.1. The average molecular weight is 1030 g/mol. The minimum Gasteiger partial charge on any atom is -0.478 e. The van der Waals surface area contributed by atoms with Gasteiger partial charge in [-0.25, -0.2) is 44.7 Å². The summed E-state index contributed by atoms with van der Waals surface area (Å²) >= 11 is 0. The van der Waals surface area contributed by atoms with Gasteiger partial charge in [0.2, 0.25) is 23.8 Å². The normalized spacial score (nSPS) is 16.4. The highest BCUT2D eigenvalue weighted by atomic mass is 35.5. The fourth-order valence-corrected chi connectivity index (χ4v) is 9.07. The molecule has 384 valence electrons. The summed E-state index contributed by atoms with van der Waals surface area (Å²) in [5.74, 6) is 0.836. The number of hydrogen-bond donors (Lipinski definition) is 4. The molecule has 0 radical (unpaired) electrons. The second-order valence-electron chi connectivity index (χ2n) is 17.5. The van der Waals surface area contributed by atoms with Crippen molar-refractivity contribution >= 4 is 70.4 Å². The summed E-state index contributed by atoms with van der Waals surface area (Å²) in [4.78, 5) is 82.4. The number of nitrogen functional groups attached to an aromatic ring is 2. The van der Waals surface area contributed by atoms with Crippen molar-refractivity contribution < 1.29 is 24.2 Å². The Balaban J connectivity index is 0.000000157. The lowest BCUT2D eigenvalue weighted by atomic mass is 10.0. The fraction of sp³-hybridized carbons (Fsp3) is 0.375. The molecule has 12 heterocycles. The van der Waals surface area contributed by atoms with Crippen LogP contribution in [0, 0.1) is 0 Å². The van der Waals surface area contributed by atoms with E-state index in [9.17, 15) is 9.59 Å². The summed E-state index contributed by atoms with van der Waals surface area (Å²) in [5, 5.41) is 11.8. The number of pyridine rings is 2. The average Bonchev–Trinajstić information content (AvgIpc) is 4.10. The van der Waals surface area contributed by atoms with Crippen molar-refractivity contribution in [2.75, 3.05) is 100 Å². The van der Waals surface area contributed by atoms with Gasteiger partial charge in [0.25, 0.3) is 5.91 Å². The number of likely N-dealkylation sites (tertiary alicyclic amines) is 1. The number of aromatic nitrogens is 14. The van der Waals surface area contributed by atoms with E-state index in [1.54, 1.807) is 55.4 Å². The molecule has 6 N–H and O–H groups in total. The molecule has 4 fully saturated rings. The van der Waals surface area contributed by atoms with E-state index in [1.165, 1.54) is 18.5 Å². The van der Waals surface area contributed by atoms with E-state index in [1.807, 2.05) is 17.6 Å². The van der Waals surface area contributed by atoms with Gasteiger partial charge in [-0.05, 0) is 63.0 Å². The molecule has 0 atom stereocenters. The third-order valence-corrected chi connectivity index (χ3v) is 13.0. The number of anilines is 4. The molecule has 4 saturated heterocycles. The Labute approximate surface area is 430 Å². The summed E-state index contributed by atoms with van der Waals surface area (Å²) < 4.78 is 15.3. The lowest BCUT2D eigenvalue weighted by Gasteiger charge is -2.33. The predicted octanol–water partition coefficient (Wildman–Crippen LogP) is 3.40. The monoisotopic (exact) mass is 1030 g/mol. The maximum absolute atomic E-state index is 12.9. The Morgan fingerprint density at radius 3 is 1.45 bits per heavy atom. The summed E-state index contributed by atoms with van der Waals surface area (Å²) in [7, 11) is 0. The van der Waals surface area contributed by atoms with Gasteiger partial charge in [0.05, 0.1) is 50.2 Å². The molecule has 26 heteroatoms. The zero-order valence-corrected chi connectivity index (χ0v) is 41.1. The Kier molecular flexibility index (Phi) is 16.2. The molecule has 0 unspecified atom stereocenters. The van der Waals surface area contributed by atoms with Crippen molar-refractivity contribution in [1.29, 1.82) is 0 Å². The first-order valence-electron chi connectivity index (χ1n) is 24.1. The predicted molar refractivity (Wildman–Crippen MR) is 276 cm³/mol. The fourth-order valence-electron chi connectivity index (χ4n) is 9.07. The van der Waals surface area contributed by atoms with E-state index in [2.05, 4.69) is 59.1 Å². The highest BCUT2D eigenvalue weighted by molar-refractivity contribution is 5.94. The van der Waals surface area contributed by atoms with Crippen molar-refractivity contribution in [3.05, 3.63) is 97.6 Å². The summed E-state index contributed by atoms with van der Waals surface area (Å²) in [6.45, 7) is 8.89. The number of rotatable bonds is 8. The molecule has 0 spiro atoms. The van der Waals surface area contributed by atoms with E-state index in [4.69, 9.17) is 51.0 Å². The molecule has 0 aliphatic carbocycles. The lowest BCUT2D eigenvalue weighted by Crippen LogP contribution is -2.39. The first-order chi connectivity index (χ1) is 35.8. The van der Waals surface area contributed by atoms with Crippen LogP contribution in [0.5, 0.6) is 0 Å². The Morgan fingerprint density at radius 2 is 1.03 bits per heavy atom. The van der Waals surface area contributed by atoms with Gasteiger partial charge in [-0.3, -0.25) is 14.8 Å². The number of morpholine rings is 2. The second-order valence-corrected chi connectivity index (χ2v) is 17.5. The molecule has 12 rings (SSSR count). The first kappa shape index (κ1) is 50.8. The van der Waals surface area contributed by atoms with Gasteiger partial charge in [-0.1, -0.05) is 0 Å². The van der Waals surface area contributed by atoms with Gasteiger partial charge in [-0.15, -0.1) is 12.4 Å². The Bertz CT molecular complexity index is 3130. The van der Waals surface area contributed by atoms with Crippen LogP contribution in [0.15, 0.2) is 86.5 Å². The molecular formula is C48H55ClN20O5. The number of carbonyl (C=O) groups excluding carboxylic acids is 1. The number of nitrogens with two attached hydrogens (primary N) is 2. The van der Waals surface area contributed by atoms with E-state index in [0.29, 0.717) is 87.3 Å². The number of fused-ring (bicyclic) bond motifs is 2. The van der Waals surface area contributed by atoms with Crippen molar-refractivity contribution in [2.24, 2.45) is 0 Å². The third-order valence-electron chi connectivity index (χ3n) is 13.0. The Hall–Kier alpha value is -8.13. The molecule has 0 saturated carbocycles. The maximum atomic E-state index is 12.9. The number of piperidine rings is 2. The molecule has 25 nitrogen and oxygen atoms in total. The number of hydrogen-bond acceptors (Lipinski definition) is 21. The quantitative estimate of drug-likeness (QED) is 0.169. The summed E-state index contributed by atoms with van der Waals surface area (Å²) in [6.07, 6.45) is 20.3. The molecule has 8 aromatic heterocycles. The zero-order valence-electron chi connectivity index (χ0n) is 40.3. The third kappa shape index (κ3) is 11.5. The van der Waals surface area contributed by atoms with Gasteiger partial charge < -0.3 is 55.2 Å². The molecule has 4 aliphatic rings. The zero-order chi connectivity index (χ0) is 50.1. The van der Waals surface area contributed by atoms with Crippen LogP contribution in [-0.2, 0) is 9.47 Å². The van der Waals surface area contributed by atoms with E-state index in [-0.39, 0.29) is 41.8 Å². The van der Waals surface area contributed by atoms with Crippen LogP contribution in [0.3, 0.4) is 0 Å². The number of carbonyl (C=O) groups is 2. The van der Waals surface area contributed by atoms with Crippen LogP contribution in [0.25, 0.3) is 44.8 Å². The number of nitrogens with one attached hydrogen (secondary N) is 1.